The second-order valence-electron chi connectivity index (χ2n) is 6.76. The number of furan rings is 1. The molecule has 1 saturated heterocycles. The van der Waals surface area contributed by atoms with Gasteiger partial charge in [0.2, 0.25) is 0 Å². The Labute approximate surface area is 163 Å². The first kappa shape index (κ1) is 18.1. The average molecular weight is 387 g/mol. The molecule has 0 aliphatic carbocycles. The number of imidazole rings is 1. The van der Waals surface area contributed by atoms with Crippen LogP contribution in [-0.4, -0.2) is 46.9 Å². The molecular weight excluding hydrogens is 360 g/mol. The molecule has 3 aromatic rings. The summed E-state index contributed by atoms with van der Waals surface area (Å²) in [6.45, 7) is 3.63. The van der Waals surface area contributed by atoms with Crippen LogP contribution in [0.1, 0.15) is 36.8 Å². The third-order valence-corrected chi connectivity index (χ3v) is 5.74. The fourth-order valence-corrected chi connectivity index (χ4v) is 4.29. The molecule has 1 fully saturated rings. The summed E-state index contributed by atoms with van der Waals surface area (Å²) in [5.74, 6) is 1.79. The molecule has 0 amide bonds. The molecule has 144 valence electrons. The number of rotatable bonds is 6. The molecule has 0 radical (unpaired) electrons. The Kier molecular flexibility index (Phi) is 5.74. The maximum Gasteiger partial charge on any atom is 0.193 e. The van der Waals surface area contributed by atoms with Crippen molar-refractivity contribution in [1.82, 2.24) is 24.9 Å². The molecule has 1 atom stereocenters. The van der Waals surface area contributed by atoms with Gasteiger partial charge in [-0.25, -0.2) is 4.98 Å². The Morgan fingerprint density at radius 3 is 2.96 bits per heavy atom. The molecule has 1 aliphatic heterocycles. The Morgan fingerprint density at radius 1 is 1.33 bits per heavy atom. The first-order valence-corrected chi connectivity index (χ1v) is 10.3. The minimum atomic E-state index is 0.219. The first-order valence-electron chi connectivity index (χ1n) is 9.46. The van der Waals surface area contributed by atoms with Crippen molar-refractivity contribution in [3.63, 3.8) is 0 Å². The van der Waals surface area contributed by atoms with Gasteiger partial charge < -0.3 is 15.1 Å². The highest BCUT2D eigenvalue weighted by atomic mass is 32.1. The van der Waals surface area contributed by atoms with E-state index >= 15 is 0 Å². The number of aromatic nitrogens is 2. The topological polar surface area (TPSA) is 70.1 Å². The molecular formula is C19H26N6OS. The molecule has 2 N–H and O–H groups in total. The van der Waals surface area contributed by atoms with Crippen LogP contribution in [0, 0.1) is 0 Å². The lowest BCUT2D eigenvalue weighted by atomic mass is 10.1. The van der Waals surface area contributed by atoms with Crippen LogP contribution >= 0.6 is 11.3 Å². The van der Waals surface area contributed by atoms with Gasteiger partial charge >= 0.3 is 0 Å². The maximum atomic E-state index is 5.72. The number of likely N-dealkylation sites (tertiary alicyclic amines) is 1. The fourth-order valence-electron chi connectivity index (χ4n) is 3.57. The van der Waals surface area contributed by atoms with E-state index in [0.29, 0.717) is 6.54 Å². The second kappa shape index (κ2) is 8.58. The predicted molar refractivity (Wildman–Crippen MR) is 108 cm³/mol. The van der Waals surface area contributed by atoms with Gasteiger partial charge in [-0.15, -0.1) is 11.3 Å². The van der Waals surface area contributed by atoms with Crippen LogP contribution < -0.4 is 10.6 Å². The third kappa shape index (κ3) is 4.33. The van der Waals surface area contributed by atoms with E-state index in [9.17, 15) is 0 Å². The van der Waals surface area contributed by atoms with Crippen LogP contribution in [0.2, 0.25) is 0 Å². The summed E-state index contributed by atoms with van der Waals surface area (Å²) < 4.78 is 7.76. The zero-order chi connectivity index (χ0) is 18.5. The van der Waals surface area contributed by atoms with Crippen molar-refractivity contribution in [2.75, 3.05) is 26.7 Å². The Balaban J connectivity index is 1.35. The number of guanidine groups is 1. The maximum absolute atomic E-state index is 5.72. The Bertz CT molecular complexity index is 833. The normalized spacial score (nSPS) is 17.3. The molecule has 0 spiro atoms. The van der Waals surface area contributed by atoms with Crippen LogP contribution in [0.15, 0.2) is 45.6 Å². The SMILES string of the molecule is CN=C(NCc1cn2ccsc2n1)NCC(c1ccco1)N1CCCCC1. The predicted octanol–water partition coefficient (Wildman–Crippen LogP) is 2.88. The lowest BCUT2D eigenvalue weighted by molar-refractivity contribution is 0.146. The quantitative estimate of drug-likeness (QED) is 0.504. The van der Waals surface area contributed by atoms with Crippen LogP contribution in [-0.2, 0) is 6.54 Å². The van der Waals surface area contributed by atoms with Gasteiger partial charge in [0, 0.05) is 31.4 Å². The van der Waals surface area contributed by atoms with Gasteiger partial charge in [-0.3, -0.25) is 14.3 Å². The van der Waals surface area contributed by atoms with Gasteiger partial charge in [0.15, 0.2) is 10.9 Å². The van der Waals surface area contributed by atoms with E-state index in [1.807, 2.05) is 28.2 Å². The van der Waals surface area contributed by atoms with E-state index in [-0.39, 0.29) is 6.04 Å². The molecule has 0 aromatic carbocycles. The summed E-state index contributed by atoms with van der Waals surface area (Å²) in [5, 5.41) is 8.85. The molecule has 0 bridgehead atoms. The van der Waals surface area contributed by atoms with Gasteiger partial charge in [0.25, 0.3) is 0 Å². The van der Waals surface area contributed by atoms with Gasteiger partial charge in [-0.05, 0) is 38.1 Å². The number of fused-ring (bicyclic) bond motifs is 1. The van der Waals surface area contributed by atoms with Crippen molar-refractivity contribution >= 4 is 22.3 Å². The molecule has 8 heteroatoms. The summed E-state index contributed by atoms with van der Waals surface area (Å²) in [7, 11) is 1.80. The molecule has 7 nitrogen and oxygen atoms in total. The highest BCUT2D eigenvalue weighted by Gasteiger charge is 2.24. The summed E-state index contributed by atoms with van der Waals surface area (Å²) in [4.78, 5) is 12.5. The van der Waals surface area contributed by atoms with E-state index in [1.165, 1.54) is 19.3 Å². The van der Waals surface area contributed by atoms with Gasteiger partial charge in [0.1, 0.15) is 5.76 Å². The minimum absolute atomic E-state index is 0.219. The van der Waals surface area contributed by atoms with Crippen LogP contribution in [0.25, 0.3) is 4.96 Å². The Hall–Kier alpha value is -2.32. The first-order chi connectivity index (χ1) is 13.3. The van der Waals surface area contributed by atoms with Gasteiger partial charge in [-0.2, -0.15) is 0 Å². The van der Waals surface area contributed by atoms with Crippen molar-refractivity contribution in [1.29, 1.82) is 0 Å². The van der Waals surface area contributed by atoms with E-state index in [1.54, 1.807) is 24.6 Å². The zero-order valence-corrected chi connectivity index (χ0v) is 16.4. The van der Waals surface area contributed by atoms with Crippen LogP contribution in [0.4, 0.5) is 0 Å². The van der Waals surface area contributed by atoms with Crippen LogP contribution in [0.5, 0.6) is 0 Å². The number of hydrogen-bond donors (Lipinski definition) is 2. The number of nitrogens with one attached hydrogen (secondary N) is 2. The molecule has 4 rings (SSSR count). The van der Waals surface area contributed by atoms with Crippen LogP contribution in [0.3, 0.4) is 0 Å². The standard InChI is InChI=1S/C19H26N6OS/c1-20-18(21-12-15-14-25-9-11-27-19(25)23-15)22-13-16(17-6-5-10-26-17)24-7-3-2-4-8-24/h5-6,9-11,14,16H,2-4,7-8,12-13H2,1H3,(H2,20,21,22). The molecule has 1 unspecified atom stereocenters. The van der Waals surface area contributed by atoms with Crippen molar-refractivity contribution in [3.05, 3.63) is 47.6 Å². The van der Waals surface area contributed by atoms with E-state index in [4.69, 9.17) is 4.42 Å². The summed E-state index contributed by atoms with van der Waals surface area (Å²) >= 11 is 1.64. The van der Waals surface area contributed by atoms with Crippen molar-refractivity contribution in [2.24, 2.45) is 4.99 Å². The number of hydrogen-bond acceptors (Lipinski definition) is 5. The molecule has 3 aromatic heterocycles. The van der Waals surface area contributed by atoms with E-state index < -0.39 is 0 Å². The van der Waals surface area contributed by atoms with E-state index in [2.05, 4.69) is 31.6 Å². The highest BCUT2D eigenvalue weighted by molar-refractivity contribution is 7.15. The van der Waals surface area contributed by atoms with Gasteiger partial charge in [0.05, 0.1) is 24.5 Å². The second-order valence-corrected chi connectivity index (χ2v) is 7.63. The van der Waals surface area contributed by atoms with E-state index in [0.717, 1.165) is 42.0 Å². The molecule has 4 heterocycles. The fraction of sp³-hybridized carbons (Fsp3) is 0.474. The highest BCUT2D eigenvalue weighted by Crippen LogP contribution is 2.24. The molecule has 27 heavy (non-hydrogen) atoms. The smallest absolute Gasteiger partial charge is 0.193 e. The monoisotopic (exact) mass is 386 g/mol. The number of nitrogens with zero attached hydrogens (tertiary/aromatic N) is 4. The summed E-state index contributed by atoms with van der Waals surface area (Å²) in [6.07, 6.45) is 9.65. The Morgan fingerprint density at radius 2 is 2.22 bits per heavy atom. The lowest BCUT2D eigenvalue weighted by Crippen LogP contribution is -2.44. The summed E-state index contributed by atoms with van der Waals surface area (Å²) in [6, 6.07) is 4.25. The largest absolute Gasteiger partial charge is 0.468 e. The number of aliphatic imine (C=N–C) groups is 1. The lowest BCUT2D eigenvalue weighted by Gasteiger charge is -2.33. The minimum Gasteiger partial charge on any atom is -0.468 e. The average Bonchev–Trinajstić information content (AvgIpc) is 3.43. The van der Waals surface area contributed by atoms with Gasteiger partial charge in [-0.1, -0.05) is 6.42 Å². The van der Waals surface area contributed by atoms with Crippen molar-refractivity contribution in [2.45, 2.75) is 31.8 Å². The summed E-state index contributed by atoms with van der Waals surface area (Å²) in [5.41, 5.74) is 1.00. The third-order valence-electron chi connectivity index (χ3n) is 4.97. The van der Waals surface area contributed by atoms with Crippen molar-refractivity contribution in [3.8, 4) is 0 Å². The number of thiazole rings is 1. The number of piperidine rings is 1. The molecule has 1 aliphatic rings. The van der Waals surface area contributed by atoms with Crippen molar-refractivity contribution < 1.29 is 4.42 Å². The molecule has 0 saturated carbocycles. The zero-order valence-electron chi connectivity index (χ0n) is 15.6.